The molecule has 1 aliphatic rings. The van der Waals surface area contributed by atoms with Gasteiger partial charge in [-0.25, -0.2) is 0 Å². The van der Waals surface area contributed by atoms with E-state index in [-0.39, 0.29) is 5.56 Å². The summed E-state index contributed by atoms with van der Waals surface area (Å²) in [7, 11) is 0. The zero-order valence-corrected chi connectivity index (χ0v) is 16.9. The normalized spacial score (nSPS) is 13.3. The van der Waals surface area contributed by atoms with Gasteiger partial charge in [0, 0.05) is 31.4 Å². The number of nitriles is 2. The molecule has 0 saturated heterocycles. The van der Waals surface area contributed by atoms with Gasteiger partial charge in [-0.2, -0.15) is 10.5 Å². The van der Waals surface area contributed by atoms with Crippen molar-refractivity contribution in [3.63, 3.8) is 0 Å². The molecule has 0 N–H and O–H groups in total. The summed E-state index contributed by atoms with van der Waals surface area (Å²) in [5, 5.41) is 18.4. The van der Waals surface area contributed by atoms with Crippen LogP contribution in [0.25, 0.3) is 0 Å². The molecular weight excluding hydrogens is 372 g/mol. The molecule has 0 atom stereocenters. The second-order valence-corrected chi connectivity index (χ2v) is 7.84. The van der Waals surface area contributed by atoms with Crippen molar-refractivity contribution in [3.05, 3.63) is 104 Å². The minimum Gasteiger partial charge on any atom is -0.311 e. The van der Waals surface area contributed by atoms with Gasteiger partial charge in [-0.15, -0.1) is 0 Å². The zero-order valence-electron chi connectivity index (χ0n) is 16.9. The molecule has 1 aliphatic heterocycles. The maximum atomic E-state index is 13.1. The van der Waals surface area contributed by atoms with Crippen molar-refractivity contribution in [2.75, 3.05) is 6.54 Å². The first-order chi connectivity index (χ1) is 14.6. The lowest BCUT2D eigenvalue weighted by Crippen LogP contribution is -2.36. The van der Waals surface area contributed by atoms with Crippen LogP contribution in [0.3, 0.4) is 0 Å². The van der Waals surface area contributed by atoms with E-state index in [1.807, 2.05) is 18.3 Å². The van der Waals surface area contributed by atoms with Crippen molar-refractivity contribution in [1.82, 2.24) is 9.47 Å². The molecule has 0 amide bonds. The fraction of sp³-hybridized carbons (Fsp3) is 0.240. The fourth-order valence-electron chi connectivity index (χ4n) is 3.96. The lowest BCUT2D eigenvalue weighted by atomic mass is 10.00. The maximum Gasteiger partial charge on any atom is 0.255 e. The SMILES string of the molecule is Cc1ccc(Cn2ccc3c(c2=O)CN(Cc2cc(C#N)cc(C#N)c2)CC3)cc1. The second-order valence-electron chi connectivity index (χ2n) is 7.84. The van der Waals surface area contributed by atoms with E-state index in [0.717, 1.165) is 35.2 Å². The van der Waals surface area contributed by atoms with Crippen LogP contribution < -0.4 is 5.56 Å². The van der Waals surface area contributed by atoms with E-state index in [0.29, 0.717) is 30.8 Å². The summed E-state index contributed by atoms with van der Waals surface area (Å²) in [4.78, 5) is 15.3. The lowest BCUT2D eigenvalue weighted by Gasteiger charge is -2.28. The van der Waals surface area contributed by atoms with E-state index in [9.17, 15) is 15.3 Å². The van der Waals surface area contributed by atoms with Gasteiger partial charge in [0.1, 0.15) is 0 Å². The largest absolute Gasteiger partial charge is 0.311 e. The first kappa shape index (κ1) is 19.6. The molecule has 5 heteroatoms. The third-order valence-electron chi connectivity index (χ3n) is 5.57. The van der Waals surface area contributed by atoms with Crippen LogP contribution in [0, 0.1) is 29.6 Å². The number of hydrogen-bond acceptors (Lipinski definition) is 4. The average molecular weight is 394 g/mol. The molecular formula is C25H22N4O. The first-order valence-corrected chi connectivity index (χ1v) is 9.99. The van der Waals surface area contributed by atoms with Gasteiger partial charge in [-0.05, 0) is 54.3 Å². The number of aryl methyl sites for hydroxylation is 1. The number of nitrogens with zero attached hydrogens (tertiary/aromatic N) is 4. The number of pyridine rings is 1. The molecule has 0 spiro atoms. The number of rotatable bonds is 4. The summed E-state index contributed by atoms with van der Waals surface area (Å²) in [6.45, 7) is 4.63. The minimum atomic E-state index is 0.0567. The van der Waals surface area contributed by atoms with Crippen LogP contribution in [0.5, 0.6) is 0 Å². The quantitative estimate of drug-likeness (QED) is 0.679. The third-order valence-corrected chi connectivity index (χ3v) is 5.57. The van der Waals surface area contributed by atoms with Crippen LogP contribution in [0.1, 0.15) is 38.9 Å². The number of fused-ring (bicyclic) bond motifs is 1. The summed E-state index contributed by atoms with van der Waals surface area (Å²) in [6.07, 6.45) is 2.71. The Labute approximate surface area is 176 Å². The van der Waals surface area contributed by atoms with Gasteiger partial charge in [0.15, 0.2) is 0 Å². The Bertz CT molecular complexity index is 1190. The summed E-state index contributed by atoms with van der Waals surface area (Å²) in [5.41, 5.74) is 6.21. The Kier molecular flexibility index (Phi) is 5.48. The van der Waals surface area contributed by atoms with Crippen LogP contribution in [0.4, 0.5) is 0 Å². The molecule has 148 valence electrons. The highest BCUT2D eigenvalue weighted by Gasteiger charge is 2.20. The Morgan fingerprint density at radius 3 is 2.30 bits per heavy atom. The predicted molar refractivity (Wildman–Crippen MR) is 115 cm³/mol. The van der Waals surface area contributed by atoms with E-state index in [4.69, 9.17) is 0 Å². The molecule has 0 unspecified atom stereocenters. The molecule has 4 rings (SSSR count). The van der Waals surface area contributed by atoms with Gasteiger partial charge in [0.25, 0.3) is 5.56 Å². The Hall–Kier alpha value is -3.67. The molecule has 3 aromatic rings. The number of aromatic nitrogens is 1. The van der Waals surface area contributed by atoms with Crippen molar-refractivity contribution >= 4 is 0 Å². The first-order valence-electron chi connectivity index (χ1n) is 9.99. The third kappa shape index (κ3) is 4.17. The highest BCUT2D eigenvalue weighted by Crippen LogP contribution is 2.19. The van der Waals surface area contributed by atoms with E-state index in [2.05, 4.69) is 54.3 Å². The molecule has 0 aliphatic carbocycles. The summed E-state index contributed by atoms with van der Waals surface area (Å²) >= 11 is 0. The van der Waals surface area contributed by atoms with Crippen molar-refractivity contribution < 1.29 is 0 Å². The molecule has 5 nitrogen and oxygen atoms in total. The van der Waals surface area contributed by atoms with Gasteiger partial charge < -0.3 is 4.57 Å². The summed E-state index contributed by atoms with van der Waals surface area (Å²) in [5.74, 6) is 0. The summed E-state index contributed by atoms with van der Waals surface area (Å²) in [6, 6.07) is 19.8. The van der Waals surface area contributed by atoms with Gasteiger partial charge in [0.2, 0.25) is 0 Å². The number of benzene rings is 2. The molecule has 0 saturated carbocycles. The molecule has 0 fully saturated rings. The molecule has 30 heavy (non-hydrogen) atoms. The minimum absolute atomic E-state index is 0.0567. The standard InChI is InChI=1S/C25H22N4O/c1-18-2-4-19(5-3-18)16-29-9-7-23-6-8-28(17-24(23)25(29)30)15-22-11-20(13-26)10-21(12-22)14-27/h2-5,7,9-12H,6,8,15-17H2,1H3. The second kappa shape index (κ2) is 8.37. The lowest BCUT2D eigenvalue weighted by molar-refractivity contribution is 0.243. The van der Waals surface area contributed by atoms with E-state index in [1.165, 1.54) is 5.56 Å². The van der Waals surface area contributed by atoms with E-state index < -0.39 is 0 Å². The van der Waals surface area contributed by atoms with Crippen LogP contribution in [0.2, 0.25) is 0 Å². The van der Waals surface area contributed by atoms with E-state index in [1.54, 1.807) is 10.6 Å². The topological polar surface area (TPSA) is 72.8 Å². The van der Waals surface area contributed by atoms with Gasteiger partial charge in [-0.1, -0.05) is 29.8 Å². The van der Waals surface area contributed by atoms with Gasteiger partial charge >= 0.3 is 0 Å². The molecule has 2 heterocycles. The smallest absolute Gasteiger partial charge is 0.255 e. The maximum absolute atomic E-state index is 13.1. The van der Waals surface area contributed by atoms with Crippen LogP contribution in [-0.4, -0.2) is 16.0 Å². The Morgan fingerprint density at radius 2 is 1.63 bits per heavy atom. The van der Waals surface area contributed by atoms with E-state index >= 15 is 0 Å². The highest BCUT2D eigenvalue weighted by atomic mass is 16.1. The van der Waals surface area contributed by atoms with Crippen molar-refractivity contribution in [1.29, 1.82) is 10.5 Å². The predicted octanol–water partition coefficient (Wildman–Crippen LogP) is 3.51. The Morgan fingerprint density at radius 1 is 0.933 bits per heavy atom. The van der Waals surface area contributed by atoms with Crippen molar-refractivity contribution in [2.24, 2.45) is 0 Å². The van der Waals surface area contributed by atoms with Gasteiger partial charge in [-0.3, -0.25) is 9.69 Å². The molecule has 0 bridgehead atoms. The van der Waals surface area contributed by atoms with Crippen LogP contribution in [-0.2, 0) is 26.1 Å². The average Bonchev–Trinajstić information content (AvgIpc) is 2.77. The monoisotopic (exact) mass is 394 g/mol. The highest BCUT2D eigenvalue weighted by molar-refractivity contribution is 5.42. The van der Waals surface area contributed by atoms with Gasteiger partial charge in [0.05, 0.1) is 29.8 Å². The summed E-state index contributed by atoms with van der Waals surface area (Å²) < 4.78 is 1.77. The van der Waals surface area contributed by atoms with Crippen molar-refractivity contribution in [2.45, 2.75) is 33.0 Å². The molecule has 2 aromatic carbocycles. The fourth-order valence-corrected chi connectivity index (χ4v) is 3.96. The van der Waals surface area contributed by atoms with Crippen LogP contribution >= 0.6 is 0 Å². The zero-order chi connectivity index (χ0) is 21.1. The molecule has 1 aromatic heterocycles. The Balaban J connectivity index is 1.56. The van der Waals surface area contributed by atoms with Crippen molar-refractivity contribution in [3.8, 4) is 12.1 Å². The van der Waals surface area contributed by atoms with Crippen LogP contribution in [0.15, 0.2) is 59.5 Å². The number of hydrogen-bond donors (Lipinski definition) is 0. The molecule has 0 radical (unpaired) electrons.